The fourth-order valence-electron chi connectivity index (χ4n) is 3.27. The minimum atomic E-state index is -3.55. The Morgan fingerprint density at radius 1 is 0.531 bits per heavy atom. The molecule has 0 unspecified atom stereocenters. The highest BCUT2D eigenvalue weighted by molar-refractivity contribution is 7.85. The van der Waals surface area contributed by atoms with E-state index in [0.29, 0.717) is 33.2 Å². The van der Waals surface area contributed by atoms with Crippen molar-refractivity contribution in [2.45, 2.75) is 0 Å². The molecule has 7 nitrogen and oxygen atoms in total. The van der Waals surface area contributed by atoms with Crippen LogP contribution in [0.2, 0.25) is 0 Å². The zero-order chi connectivity index (χ0) is 22.8. The van der Waals surface area contributed by atoms with E-state index in [2.05, 4.69) is 0 Å². The van der Waals surface area contributed by atoms with Gasteiger partial charge in [-0.25, -0.2) is 0 Å². The van der Waals surface area contributed by atoms with Gasteiger partial charge in [0.2, 0.25) is 0 Å². The van der Waals surface area contributed by atoms with Gasteiger partial charge in [-0.1, -0.05) is 36.4 Å². The Balaban J connectivity index is 2.30. The summed E-state index contributed by atoms with van der Waals surface area (Å²) in [4.78, 5) is 0. The molecule has 170 valence electrons. The second kappa shape index (κ2) is 11.7. The van der Waals surface area contributed by atoms with Crippen LogP contribution in [0.15, 0.2) is 72.8 Å². The van der Waals surface area contributed by atoms with Crippen LogP contribution in [-0.2, 0) is 18.8 Å². The third kappa shape index (κ3) is 5.14. The number of benzene rings is 3. The van der Waals surface area contributed by atoms with Crippen molar-refractivity contribution in [1.82, 2.24) is 0 Å². The number of hydrogen-bond acceptors (Lipinski definition) is 7. The maximum absolute atomic E-state index is 15.2. The van der Waals surface area contributed by atoms with Gasteiger partial charge in [0, 0.05) is 21.3 Å². The first-order valence-electron chi connectivity index (χ1n) is 9.90. The molecule has 3 aromatic carbocycles. The van der Waals surface area contributed by atoms with E-state index in [1.807, 2.05) is 36.4 Å². The largest absolute Gasteiger partial charge is 0.467 e. The predicted molar refractivity (Wildman–Crippen MR) is 123 cm³/mol. The minimum absolute atomic E-state index is 0.0145. The summed E-state index contributed by atoms with van der Waals surface area (Å²) in [5.41, 5.74) is 0. The molecular formula is C24H27O7P. The van der Waals surface area contributed by atoms with Crippen LogP contribution in [0.25, 0.3) is 0 Å². The third-order valence-electron chi connectivity index (χ3n) is 4.61. The second-order valence-electron chi connectivity index (χ2n) is 6.67. The lowest BCUT2D eigenvalue weighted by Crippen LogP contribution is -2.29. The van der Waals surface area contributed by atoms with Crippen LogP contribution in [0.5, 0.6) is 17.2 Å². The average Bonchev–Trinajstić information content (AvgIpc) is 2.85. The summed E-state index contributed by atoms with van der Waals surface area (Å²) >= 11 is 0. The van der Waals surface area contributed by atoms with E-state index in [1.165, 1.54) is 21.3 Å². The Morgan fingerprint density at radius 2 is 0.812 bits per heavy atom. The van der Waals surface area contributed by atoms with E-state index in [0.717, 1.165) is 0 Å². The SMILES string of the molecule is COCOc1ccccc1P(=O)(c1ccccc1OCOC)c1ccccc1OCOC. The first-order valence-corrected chi connectivity index (χ1v) is 11.6. The maximum Gasteiger partial charge on any atom is 0.188 e. The van der Waals surface area contributed by atoms with E-state index in [1.54, 1.807) is 36.4 Å². The molecule has 0 aliphatic carbocycles. The molecule has 0 heterocycles. The lowest BCUT2D eigenvalue weighted by Gasteiger charge is -2.25. The van der Waals surface area contributed by atoms with Crippen molar-refractivity contribution in [2.24, 2.45) is 0 Å². The monoisotopic (exact) mass is 458 g/mol. The summed E-state index contributed by atoms with van der Waals surface area (Å²) < 4.78 is 47.8. The second-order valence-corrected chi connectivity index (χ2v) is 9.33. The molecule has 0 aliphatic heterocycles. The van der Waals surface area contributed by atoms with Crippen molar-refractivity contribution in [2.75, 3.05) is 41.7 Å². The predicted octanol–water partition coefficient (Wildman–Crippen LogP) is 3.27. The highest BCUT2D eigenvalue weighted by Crippen LogP contribution is 2.49. The van der Waals surface area contributed by atoms with Crippen LogP contribution in [0, 0.1) is 0 Å². The van der Waals surface area contributed by atoms with Crippen molar-refractivity contribution < 1.29 is 33.0 Å². The van der Waals surface area contributed by atoms with Crippen LogP contribution < -0.4 is 30.1 Å². The summed E-state index contributed by atoms with van der Waals surface area (Å²) in [6.45, 7) is 0.0436. The van der Waals surface area contributed by atoms with Crippen LogP contribution >= 0.6 is 7.14 Å². The van der Waals surface area contributed by atoms with Crippen molar-refractivity contribution in [3.8, 4) is 17.2 Å². The lowest BCUT2D eigenvalue weighted by atomic mass is 10.3. The molecular weight excluding hydrogens is 431 g/mol. The van der Waals surface area contributed by atoms with Gasteiger partial charge in [-0.2, -0.15) is 0 Å². The fourth-order valence-corrected chi connectivity index (χ4v) is 6.29. The number of para-hydroxylation sites is 3. The molecule has 0 amide bonds. The zero-order valence-corrected chi connectivity index (χ0v) is 19.2. The number of hydrogen-bond donors (Lipinski definition) is 0. The van der Waals surface area contributed by atoms with E-state index in [4.69, 9.17) is 28.4 Å². The molecule has 0 N–H and O–H groups in total. The van der Waals surface area contributed by atoms with Crippen molar-refractivity contribution in [3.63, 3.8) is 0 Å². The van der Waals surface area contributed by atoms with Gasteiger partial charge in [-0.3, -0.25) is 0 Å². The van der Waals surface area contributed by atoms with Crippen LogP contribution in [0.4, 0.5) is 0 Å². The molecule has 3 aromatic rings. The van der Waals surface area contributed by atoms with E-state index < -0.39 is 7.14 Å². The number of ether oxygens (including phenoxy) is 6. The maximum atomic E-state index is 15.2. The van der Waals surface area contributed by atoms with E-state index in [9.17, 15) is 0 Å². The highest BCUT2D eigenvalue weighted by Gasteiger charge is 2.37. The van der Waals surface area contributed by atoms with Crippen LogP contribution in [0.3, 0.4) is 0 Å². The van der Waals surface area contributed by atoms with Gasteiger partial charge in [0.25, 0.3) is 0 Å². The summed E-state index contributed by atoms with van der Waals surface area (Å²) in [5, 5.41) is 1.50. The molecule has 0 spiro atoms. The summed E-state index contributed by atoms with van der Waals surface area (Å²) in [7, 11) is 1.04. The molecule has 0 aromatic heterocycles. The molecule has 0 saturated heterocycles. The molecule has 0 fully saturated rings. The van der Waals surface area contributed by atoms with Gasteiger partial charge in [0.05, 0.1) is 15.9 Å². The number of methoxy groups -OCH3 is 3. The molecule has 0 atom stereocenters. The quantitative estimate of drug-likeness (QED) is 0.305. The van der Waals surface area contributed by atoms with Crippen LogP contribution in [0.1, 0.15) is 0 Å². The topological polar surface area (TPSA) is 72.5 Å². The Morgan fingerprint density at radius 3 is 1.09 bits per heavy atom. The van der Waals surface area contributed by atoms with Crippen molar-refractivity contribution in [3.05, 3.63) is 72.8 Å². The molecule has 0 saturated carbocycles. The number of rotatable bonds is 12. The third-order valence-corrected chi connectivity index (χ3v) is 7.75. The van der Waals surface area contributed by atoms with Gasteiger partial charge in [-0.05, 0) is 36.4 Å². The zero-order valence-electron chi connectivity index (χ0n) is 18.4. The smallest absolute Gasteiger partial charge is 0.188 e. The first-order chi connectivity index (χ1) is 15.7. The Bertz CT molecular complexity index is 922. The van der Waals surface area contributed by atoms with E-state index >= 15 is 4.57 Å². The Labute approximate surface area is 188 Å². The van der Waals surface area contributed by atoms with Crippen molar-refractivity contribution >= 4 is 23.1 Å². The van der Waals surface area contributed by atoms with Gasteiger partial charge in [0.15, 0.2) is 27.5 Å². The molecule has 0 radical (unpaired) electrons. The minimum Gasteiger partial charge on any atom is -0.467 e. The highest BCUT2D eigenvalue weighted by atomic mass is 31.2. The lowest BCUT2D eigenvalue weighted by molar-refractivity contribution is 0.0518. The van der Waals surface area contributed by atoms with Crippen molar-refractivity contribution in [1.29, 1.82) is 0 Å². The van der Waals surface area contributed by atoms with Gasteiger partial charge in [0.1, 0.15) is 17.2 Å². The Hall–Kier alpha value is -2.83. The Kier molecular flexibility index (Phi) is 8.71. The summed E-state index contributed by atoms with van der Waals surface area (Å²) in [6, 6.07) is 21.5. The molecule has 0 aliphatic rings. The summed E-state index contributed by atoms with van der Waals surface area (Å²) in [6.07, 6.45) is 0. The van der Waals surface area contributed by atoms with Gasteiger partial charge < -0.3 is 33.0 Å². The average molecular weight is 458 g/mol. The van der Waals surface area contributed by atoms with Gasteiger partial charge in [-0.15, -0.1) is 0 Å². The van der Waals surface area contributed by atoms with Gasteiger partial charge >= 0.3 is 0 Å². The first kappa shape index (κ1) is 23.8. The normalized spacial score (nSPS) is 11.2. The fraction of sp³-hybridized carbons (Fsp3) is 0.250. The van der Waals surface area contributed by atoms with E-state index in [-0.39, 0.29) is 20.4 Å². The summed E-state index contributed by atoms with van der Waals surface area (Å²) in [5.74, 6) is 1.34. The molecule has 3 rings (SSSR count). The molecule has 32 heavy (non-hydrogen) atoms. The van der Waals surface area contributed by atoms with Crippen LogP contribution in [-0.4, -0.2) is 41.7 Å². The molecule has 0 bridgehead atoms. The molecule has 8 heteroatoms. The standard InChI is InChI=1S/C24H27O7P/c1-26-16-29-19-10-4-7-13-22(19)32(25,23-14-8-5-11-20(23)30-17-27-2)24-15-9-6-12-21(24)31-18-28-3/h4-15H,16-18H2,1-3H3.